The van der Waals surface area contributed by atoms with E-state index in [-0.39, 0.29) is 30.2 Å². The van der Waals surface area contributed by atoms with E-state index in [9.17, 15) is 30.7 Å². The zero-order valence-corrected chi connectivity index (χ0v) is 23.3. The monoisotopic (exact) mass is 611 g/mol. The van der Waals surface area contributed by atoms with E-state index in [1.54, 1.807) is 12.1 Å². The van der Waals surface area contributed by atoms with Crippen molar-refractivity contribution >= 4 is 22.7 Å². The van der Waals surface area contributed by atoms with E-state index in [0.717, 1.165) is 17.6 Å². The number of aromatic nitrogens is 5. The zero-order chi connectivity index (χ0) is 30.9. The third-order valence-corrected chi connectivity index (χ3v) is 7.16. The molecule has 43 heavy (non-hydrogen) atoms. The van der Waals surface area contributed by atoms with Gasteiger partial charge in [-0.05, 0) is 66.9 Å². The maximum absolute atomic E-state index is 14.1. The lowest BCUT2D eigenvalue weighted by molar-refractivity contribution is -0.143. The number of nitrogens with zero attached hydrogens (tertiary/aromatic N) is 7. The van der Waals surface area contributed by atoms with Gasteiger partial charge in [0.15, 0.2) is 0 Å². The van der Waals surface area contributed by atoms with Crippen molar-refractivity contribution in [3.05, 3.63) is 70.5 Å². The molecule has 2 aromatic carbocycles. The number of hydrogen-bond donors (Lipinski definition) is 0. The van der Waals surface area contributed by atoms with Crippen LogP contribution in [0.4, 0.5) is 42.5 Å². The van der Waals surface area contributed by atoms with Gasteiger partial charge in [-0.3, -0.25) is 0 Å². The third kappa shape index (κ3) is 6.98. The van der Waals surface area contributed by atoms with Crippen LogP contribution in [0.1, 0.15) is 42.0 Å². The molecule has 0 spiro atoms. The predicted octanol–water partition coefficient (Wildman–Crippen LogP) is 6.15. The lowest BCUT2D eigenvalue weighted by Gasteiger charge is -2.30. The van der Waals surface area contributed by atoms with E-state index in [1.807, 2.05) is 11.8 Å². The fourth-order valence-electron chi connectivity index (χ4n) is 5.22. The molecule has 4 aromatic rings. The van der Waals surface area contributed by atoms with Crippen LogP contribution in [0.25, 0.3) is 10.9 Å². The minimum absolute atomic E-state index is 0.00842. The number of halogens is 7. The van der Waals surface area contributed by atoms with Gasteiger partial charge in [-0.15, -0.1) is 5.10 Å². The van der Waals surface area contributed by atoms with Crippen molar-refractivity contribution in [3.8, 4) is 0 Å². The summed E-state index contributed by atoms with van der Waals surface area (Å²) in [6.07, 6.45) is -8.33. The van der Waals surface area contributed by atoms with Gasteiger partial charge in [-0.1, -0.05) is 5.10 Å². The lowest BCUT2D eigenvalue weighted by Crippen LogP contribution is -2.35. The molecule has 1 saturated heterocycles. The van der Waals surface area contributed by atoms with Crippen LogP contribution >= 0.6 is 0 Å². The Bertz CT molecular complexity index is 1560. The highest BCUT2D eigenvalue weighted by Gasteiger charge is 2.37. The van der Waals surface area contributed by atoms with Crippen molar-refractivity contribution in [1.82, 2.24) is 25.2 Å². The zero-order valence-electron chi connectivity index (χ0n) is 23.3. The second-order valence-corrected chi connectivity index (χ2v) is 10.3. The van der Waals surface area contributed by atoms with Gasteiger partial charge in [0.25, 0.3) is 5.95 Å². The second kappa shape index (κ2) is 11.9. The van der Waals surface area contributed by atoms with Crippen LogP contribution in [0.3, 0.4) is 0 Å². The standard InChI is InChI=1S/C28H28F7N7O/c1-3-43-16-23-5-4-8-42(23)25-19(11-18-6-7-22(29)13-24(18)36-25)15-41(26-37-39-40(2)38-26)14-17-9-20(27(30,31)32)12-21(10-17)28(33,34)35/h6-7,9-13,23H,3-5,8,14-16H2,1-2H3/t23-/m1/s1. The summed E-state index contributed by atoms with van der Waals surface area (Å²) in [5.41, 5.74) is -2.09. The fraction of sp³-hybridized carbons (Fsp3) is 0.429. The van der Waals surface area contributed by atoms with Crippen molar-refractivity contribution in [1.29, 1.82) is 0 Å². The number of benzene rings is 2. The highest BCUT2D eigenvalue weighted by Crippen LogP contribution is 2.37. The van der Waals surface area contributed by atoms with Gasteiger partial charge in [0.2, 0.25) is 0 Å². The van der Waals surface area contributed by atoms with Crippen LogP contribution < -0.4 is 9.80 Å². The Morgan fingerprint density at radius 3 is 2.33 bits per heavy atom. The van der Waals surface area contributed by atoms with Crippen molar-refractivity contribution < 1.29 is 35.5 Å². The van der Waals surface area contributed by atoms with Crippen LogP contribution in [0.15, 0.2) is 42.5 Å². The quantitative estimate of drug-likeness (QED) is 0.211. The Morgan fingerprint density at radius 2 is 1.70 bits per heavy atom. The summed E-state index contributed by atoms with van der Waals surface area (Å²) >= 11 is 0. The molecule has 230 valence electrons. The minimum Gasteiger partial charge on any atom is -0.380 e. The number of hydrogen-bond acceptors (Lipinski definition) is 7. The first-order chi connectivity index (χ1) is 20.3. The summed E-state index contributed by atoms with van der Waals surface area (Å²) in [6, 6.07) is 7.34. The number of alkyl halides is 6. The molecular formula is C28H28F7N7O. The van der Waals surface area contributed by atoms with Gasteiger partial charge in [0, 0.05) is 43.3 Å². The van der Waals surface area contributed by atoms with Crippen LogP contribution in [-0.4, -0.2) is 51.0 Å². The topological polar surface area (TPSA) is 72.2 Å². The average molecular weight is 612 g/mol. The Balaban J connectivity index is 1.60. The van der Waals surface area contributed by atoms with Gasteiger partial charge in [0.1, 0.15) is 11.6 Å². The summed E-state index contributed by atoms with van der Waals surface area (Å²) in [5.74, 6) is 0.0292. The number of aryl methyl sites for hydroxylation is 1. The number of pyridine rings is 1. The molecule has 0 radical (unpaired) electrons. The molecule has 0 aliphatic carbocycles. The molecule has 2 aromatic heterocycles. The first-order valence-electron chi connectivity index (χ1n) is 13.5. The molecule has 1 aliphatic rings. The van der Waals surface area contributed by atoms with Gasteiger partial charge in [-0.25, -0.2) is 9.37 Å². The number of anilines is 2. The maximum atomic E-state index is 14.1. The smallest absolute Gasteiger partial charge is 0.380 e. The van der Waals surface area contributed by atoms with E-state index in [2.05, 4.69) is 15.4 Å². The van der Waals surface area contributed by atoms with E-state index >= 15 is 0 Å². The second-order valence-electron chi connectivity index (χ2n) is 10.3. The Hall–Kier alpha value is -4.01. The van der Waals surface area contributed by atoms with Gasteiger partial charge < -0.3 is 14.5 Å². The predicted molar refractivity (Wildman–Crippen MR) is 144 cm³/mol. The molecule has 0 amide bonds. The number of tetrazole rings is 1. The third-order valence-electron chi connectivity index (χ3n) is 7.16. The number of rotatable bonds is 9. The van der Waals surface area contributed by atoms with Crippen molar-refractivity contribution in [2.45, 2.75) is 51.2 Å². The first kappa shape index (κ1) is 30.4. The number of ether oxygens (including phenoxy) is 1. The highest BCUT2D eigenvalue weighted by molar-refractivity contribution is 5.82. The molecule has 1 fully saturated rings. The molecule has 15 heteroatoms. The Kier molecular flexibility index (Phi) is 8.45. The maximum Gasteiger partial charge on any atom is 0.416 e. The molecule has 0 unspecified atom stereocenters. The van der Waals surface area contributed by atoms with Crippen LogP contribution in [-0.2, 0) is 37.2 Å². The number of fused-ring (bicyclic) bond motifs is 1. The van der Waals surface area contributed by atoms with E-state index in [4.69, 9.17) is 9.72 Å². The molecular weight excluding hydrogens is 583 g/mol. The van der Waals surface area contributed by atoms with Crippen molar-refractivity contribution in [2.75, 3.05) is 29.6 Å². The fourth-order valence-corrected chi connectivity index (χ4v) is 5.22. The summed E-state index contributed by atoms with van der Waals surface area (Å²) in [5, 5.41) is 12.6. The van der Waals surface area contributed by atoms with Crippen LogP contribution in [0.5, 0.6) is 0 Å². The molecule has 0 bridgehead atoms. The summed E-state index contributed by atoms with van der Waals surface area (Å²) < 4.78 is 101. The molecule has 8 nitrogen and oxygen atoms in total. The van der Waals surface area contributed by atoms with Crippen molar-refractivity contribution in [2.24, 2.45) is 7.05 Å². The lowest BCUT2D eigenvalue weighted by atomic mass is 10.0. The largest absolute Gasteiger partial charge is 0.416 e. The van der Waals surface area contributed by atoms with Crippen LogP contribution in [0, 0.1) is 5.82 Å². The van der Waals surface area contributed by atoms with Crippen molar-refractivity contribution in [3.63, 3.8) is 0 Å². The Labute approximate surface area is 242 Å². The normalized spacial score (nSPS) is 15.9. The van der Waals surface area contributed by atoms with Gasteiger partial charge in [0.05, 0.1) is 36.3 Å². The van der Waals surface area contributed by atoms with E-state index in [1.165, 1.54) is 24.1 Å². The molecule has 3 heterocycles. The molecule has 5 rings (SSSR count). The Morgan fingerprint density at radius 1 is 0.977 bits per heavy atom. The molecule has 1 aliphatic heterocycles. The molecule has 0 N–H and O–H groups in total. The first-order valence-corrected chi connectivity index (χ1v) is 13.5. The van der Waals surface area contributed by atoms with E-state index in [0.29, 0.717) is 54.2 Å². The summed E-state index contributed by atoms with van der Waals surface area (Å²) in [7, 11) is 1.49. The van der Waals surface area contributed by atoms with Gasteiger partial charge >= 0.3 is 12.4 Å². The average Bonchev–Trinajstić information content (AvgIpc) is 3.59. The minimum atomic E-state index is -5.00. The summed E-state index contributed by atoms with van der Waals surface area (Å²) in [4.78, 5) is 9.39. The van der Waals surface area contributed by atoms with E-state index < -0.39 is 35.8 Å². The van der Waals surface area contributed by atoms with Crippen LogP contribution in [0.2, 0.25) is 0 Å². The highest BCUT2D eigenvalue weighted by atomic mass is 19.4. The molecule has 1 atom stereocenters. The SMILES string of the molecule is CCOC[C@H]1CCCN1c1nc2cc(F)ccc2cc1CN(Cc1cc(C(F)(F)F)cc(C(F)(F)F)c1)c1nnn(C)n1. The molecule has 0 saturated carbocycles. The van der Waals surface area contributed by atoms with Gasteiger partial charge in [-0.2, -0.15) is 31.1 Å². The summed E-state index contributed by atoms with van der Waals surface area (Å²) in [6.45, 7) is 3.00.